The molecule has 4 aromatic rings. The molecule has 3 aromatic carbocycles. The van der Waals surface area contributed by atoms with Crippen LogP contribution in [0.15, 0.2) is 65.8 Å². The number of carbonyl (C=O) groups is 1. The van der Waals surface area contributed by atoms with Crippen molar-refractivity contribution >= 4 is 29.2 Å². The number of methoxy groups -OCH3 is 2. The van der Waals surface area contributed by atoms with Gasteiger partial charge >= 0.3 is 5.97 Å². The number of carboxylic acid groups (broad SMARTS) is 1. The Morgan fingerprint density at radius 2 is 1.67 bits per heavy atom. The number of imidazole rings is 1. The standard InChI is InChI=1S/C28H26F3N3O4S/c1-33(19-11-13-24(37-2)25(15-19)38-3)27-23(12-14-26(35)36)34(18-9-7-17(29)8-10-18)28(32-27)39-16-20-21(30)5-4-6-22(20)31/h4-11,13,15H,12,14,16H2,1-3H3,(H,35,36). The number of anilines is 2. The van der Waals surface area contributed by atoms with Gasteiger partial charge in [-0.2, -0.15) is 0 Å². The number of thioether (sulfide) groups is 1. The number of hydrogen-bond acceptors (Lipinski definition) is 6. The summed E-state index contributed by atoms with van der Waals surface area (Å²) in [5, 5.41) is 9.81. The highest BCUT2D eigenvalue weighted by Gasteiger charge is 2.24. The summed E-state index contributed by atoms with van der Waals surface area (Å²) >= 11 is 1.08. The first-order valence-electron chi connectivity index (χ1n) is 11.8. The molecule has 0 spiro atoms. The van der Waals surface area contributed by atoms with Crippen LogP contribution in [0.4, 0.5) is 24.7 Å². The molecule has 11 heteroatoms. The second kappa shape index (κ2) is 12.2. The average molecular weight is 558 g/mol. The molecule has 1 N–H and O–H groups in total. The molecule has 0 amide bonds. The normalized spacial score (nSPS) is 10.9. The Hall–Kier alpha value is -4.12. The predicted molar refractivity (Wildman–Crippen MR) is 143 cm³/mol. The molecular weight excluding hydrogens is 531 g/mol. The van der Waals surface area contributed by atoms with Gasteiger partial charge in [0.15, 0.2) is 22.5 Å². The van der Waals surface area contributed by atoms with Gasteiger partial charge in [-0.15, -0.1) is 0 Å². The van der Waals surface area contributed by atoms with Crippen LogP contribution in [-0.4, -0.2) is 41.9 Å². The van der Waals surface area contributed by atoms with Crippen LogP contribution >= 0.6 is 11.8 Å². The van der Waals surface area contributed by atoms with E-state index in [2.05, 4.69) is 0 Å². The van der Waals surface area contributed by atoms with Gasteiger partial charge in [0.05, 0.1) is 26.3 Å². The molecule has 0 aliphatic rings. The van der Waals surface area contributed by atoms with Gasteiger partial charge in [-0.3, -0.25) is 9.36 Å². The van der Waals surface area contributed by atoms with Crippen molar-refractivity contribution in [3.8, 4) is 17.2 Å². The summed E-state index contributed by atoms with van der Waals surface area (Å²) in [5.74, 6) is -1.47. The molecule has 0 aliphatic carbocycles. The smallest absolute Gasteiger partial charge is 0.303 e. The Labute approximate surface area is 227 Å². The van der Waals surface area contributed by atoms with Gasteiger partial charge < -0.3 is 19.5 Å². The molecular formula is C28H26F3N3O4S. The fraction of sp³-hybridized carbons (Fsp3) is 0.214. The quantitative estimate of drug-likeness (QED) is 0.214. The fourth-order valence-corrected chi connectivity index (χ4v) is 5.10. The highest BCUT2D eigenvalue weighted by molar-refractivity contribution is 7.98. The lowest BCUT2D eigenvalue weighted by Crippen LogP contribution is -2.14. The SMILES string of the molecule is COc1ccc(N(C)c2nc(SCc3c(F)cccc3F)n(-c3ccc(F)cc3)c2CCC(=O)O)cc1OC. The maximum atomic E-state index is 14.4. The first-order valence-corrected chi connectivity index (χ1v) is 12.8. The summed E-state index contributed by atoms with van der Waals surface area (Å²) in [7, 11) is 4.80. The largest absolute Gasteiger partial charge is 0.493 e. The minimum Gasteiger partial charge on any atom is -0.493 e. The highest BCUT2D eigenvalue weighted by atomic mass is 32.2. The maximum Gasteiger partial charge on any atom is 0.303 e. The third-order valence-electron chi connectivity index (χ3n) is 6.06. The van der Waals surface area contributed by atoms with E-state index in [9.17, 15) is 23.1 Å². The van der Waals surface area contributed by atoms with Crippen LogP contribution in [0.2, 0.25) is 0 Å². The third kappa shape index (κ3) is 6.14. The number of halogens is 3. The minimum absolute atomic E-state index is 0.0748. The van der Waals surface area contributed by atoms with E-state index in [-0.39, 0.29) is 24.2 Å². The summed E-state index contributed by atoms with van der Waals surface area (Å²) in [4.78, 5) is 18.1. The number of ether oxygens (including phenoxy) is 2. The third-order valence-corrected chi connectivity index (χ3v) is 7.03. The van der Waals surface area contributed by atoms with Crippen molar-refractivity contribution in [2.45, 2.75) is 23.8 Å². The number of carboxylic acids is 1. The van der Waals surface area contributed by atoms with Crippen LogP contribution < -0.4 is 14.4 Å². The van der Waals surface area contributed by atoms with Gasteiger partial charge in [-0.05, 0) is 48.5 Å². The molecule has 0 fully saturated rings. The molecule has 1 heterocycles. The summed E-state index contributed by atoms with van der Waals surface area (Å²) in [5.41, 5.74) is 1.60. The summed E-state index contributed by atoms with van der Waals surface area (Å²) < 4.78 is 55.0. The average Bonchev–Trinajstić information content (AvgIpc) is 3.29. The van der Waals surface area contributed by atoms with E-state index in [0.717, 1.165) is 11.8 Å². The molecule has 0 radical (unpaired) electrons. The second-order valence-corrected chi connectivity index (χ2v) is 9.40. The number of aliphatic carboxylic acids is 1. The van der Waals surface area contributed by atoms with E-state index >= 15 is 0 Å². The zero-order chi connectivity index (χ0) is 28.1. The zero-order valence-electron chi connectivity index (χ0n) is 21.5. The van der Waals surface area contributed by atoms with Gasteiger partial charge in [0, 0.05) is 42.2 Å². The van der Waals surface area contributed by atoms with Crippen molar-refractivity contribution in [1.29, 1.82) is 0 Å². The van der Waals surface area contributed by atoms with E-state index < -0.39 is 23.4 Å². The summed E-state index contributed by atoms with van der Waals surface area (Å²) in [6, 6.07) is 14.6. The van der Waals surface area contributed by atoms with E-state index in [1.165, 1.54) is 56.7 Å². The van der Waals surface area contributed by atoms with Gasteiger partial charge in [0.2, 0.25) is 0 Å². The zero-order valence-corrected chi connectivity index (χ0v) is 22.3. The molecule has 7 nitrogen and oxygen atoms in total. The Morgan fingerprint density at radius 1 is 1.00 bits per heavy atom. The number of hydrogen-bond donors (Lipinski definition) is 1. The van der Waals surface area contributed by atoms with Crippen LogP contribution in [-0.2, 0) is 17.0 Å². The molecule has 0 aliphatic heterocycles. The van der Waals surface area contributed by atoms with Crippen molar-refractivity contribution in [2.75, 3.05) is 26.2 Å². The lowest BCUT2D eigenvalue weighted by molar-refractivity contribution is -0.136. The minimum atomic E-state index is -1.01. The van der Waals surface area contributed by atoms with E-state index in [1.807, 2.05) is 0 Å². The first kappa shape index (κ1) is 27.9. The number of rotatable bonds is 11. The Balaban J connectivity index is 1.86. The Morgan fingerprint density at radius 3 is 2.28 bits per heavy atom. The maximum absolute atomic E-state index is 14.4. The van der Waals surface area contributed by atoms with Gasteiger partial charge in [0.25, 0.3) is 0 Å². The number of aromatic nitrogens is 2. The van der Waals surface area contributed by atoms with Crippen LogP contribution in [0.5, 0.6) is 11.5 Å². The molecule has 0 unspecified atom stereocenters. The van der Waals surface area contributed by atoms with Crippen molar-refractivity contribution < 1.29 is 32.5 Å². The van der Waals surface area contributed by atoms with E-state index in [0.29, 0.717) is 39.5 Å². The molecule has 0 saturated carbocycles. The van der Waals surface area contributed by atoms with Crippen molar-refractivity contribution in [3.05, 3.63) is 89.4 Å². The van der Waals surface area contributed by atoms with Crippen molar-refractivity contribution in [1.82, 2.24) is 9.55 Å². The second-order valence-electron chi connectivity index (χ2n) is 8.46. The molecule has 1 aromatic heterocycles. The van der Waals surface area contributed by atoms with Crippen LogP contribution in [0.1, 0.15) is 17.7 Å². The topological polar surface area (TPSA) is 76.8 Å². The lowest BCUT2D eigenvalue weighted by Gasteiger charge is -2.21. The summed E-state index contributed by atoms with van der Waals surface area (Å²) in [6.07, 6.45) is -0.118. The molecule has 0 atom stereocenters. The molecule has 204 valence electrons. The van der Waals surface area contributed by atoms with Gasteiger partial charge in [-0.1, -0.05) is 17.8 Å². The van der Waals surface area contributed by atoms with Crippen LogP contribution in [0.3, 0.4) is 0 Å². The molecule has 4 rings (SSSR count). The Bertz CT molecular complexity index is 1460. The van der Waals surface area contributed by atoms with Crippen LogP contribution in [0, 0.1) is 17.5 Å². The monoisotopic (exact) mass is 557 g/mol. The number of nitrogens with zero attached hydrogens (tertiary/aromatic N) is 3. The highest BCUT2D eigenvalue weighted by Crippen LogP contribution is 2.38. The first-order chi connectivity index (χ1) is 18.7. The Kier molecular flexibility index (Phi) is 8.70. The predicted octanol–water partition coefficient (Wildman–Crippen LogP) is 6.38. The molecule has 0 bridgehead atoms. The van der Waals surface area contributed by atoms with E-state index in [1.54, 1.807) is 34.7 Å². The van der Waals surface area contributed by atoms with Gasteiger partial charge in [0.1, 0.15) is 17.5 Å². The van der Waals surface area contributed by atoms with E-state index in [4.69, 9.17) is 14.5 Å². The molecule has 0 saturated heterocycles. The number of benzene rings is 3. The molecule has 39 heavy (non-hydrogen) atoms. The summed E-state index contributed by atoms with van der Waals surface area (Å²) in [6.45, 7) is 0. The fourth-order valence-electron chi connectivity index (χ4n) is 4.05. The van der Waals surface area contributed by atoms with Gasteiger partial charge in [-0.25, -0.2) is 18.2 Å². The van der Waals surface area contributed by atoms with Crippen molar-refractivity contribution in [2.24, 2.45) is 0 Å². The lowest BCUT2D eigenvalue weighted by atomic mass is 10.2. The van der Waals surface area contributed by atoms with Crippen molar-refractivity contribution in [3.63, 3.8) is 0 Å². The van der Waals surface area contributed by atoms with Crippen LogP contribution in [0.25, 0.3) is 5.69 Å².